The van der Waals surface area contributed by atoms with Crippen LogP contribution in [0.5, 0.6) is 0 Å². The van der Waals surface area contributed by atoms with Gasteiger partial charge in [0, 0.05) is 12.4 Å². The fourth-order valence-corrected chi connectivity index (χ4v) is 3.32. The van der Waals surface area contributed by atoms with Gasteiger partial charge in [0.25, 0.3) is 5.56 Å². The van der Waals surface area contributed by atoms with Gasteiger partial charge >= 0.3 is 6.18 Å². The van der Waals surface area contributed by atoms with Crippen molar-refractivity contribution in [1.82, 2.24) is 19.1 Å². The van der Waals surface area contributed by atoms with E-state index >= 15 is 0 Å². The number of aromatic nitrogens is 4. The number of nitrogens with zero attached hydrogens (tertiary/aromatic N) is 5. The van der Waals surface area contributed by atoms with Crippen molar-refractivity contribution in [2.75, 3.05) is 0 Å². The minimum atomic E-state index is -4.70. The van der Waals surface area contributed by atoms with Crippen LogP contribution >= 0.6 is 11.6 Å². The topological polar surface area (TPSA) is 76.5 Å². The maximum Gasteiger partial charge on any atom is 0.433 e. The lowest BCUT2D eigenvalue weighted by molar-refractivity contribution is -0.141. The Kier molecular flexibility index (Phi) is 3.90. The second-order valence-electron chi connectivity index (χ2n) is 6.01. The minimum absolute atomic E-state index is 0.0509. The largest absolute Gasteiger partial charge is 0.433 e. The van der Waals surface area contributed by atoms with Gasteiger partial charge in [-0.3, -0.25) is 9.36 Å². The highest BCUT2D eigenvalue weighted by Gasteiger charge is 2.33. The van der Waals surface area contributed by atoms with Crippen LogP contribution in [0.4, 0.5) is 13.2 Å². The highest BCUT2D eigenvalue weighted by atomic mass is 35.5. The molecule has 1 aromatic carbocycles. The first-order chi connectivity index (χ1) is 13.2. The van der Waals surface area contributed by atoms with Crippen LogP contribution < -0.4 is 5.56 Å². The smallest absolute Gasteiger partial charge is 0.333 e. The summed E-state index contributed by atoms with van der Waals surface area (Å²) in [5.41, 5.74) is -1.54. The maximum absolute atomic E-state index is 13.2. The van der Waals surface area contributed by atoms with E-state index in [9.17, 15) is 23.2 Å². The molecule has 0 N–H and O–H groups in total. The van der Waals surface area contributed by atoms with Crippen LogP contribution in [0.15, 0.2) is 41.5 Å². The van der Waals surface area contributed by atoms with Crippen LogP contribution in [0.25, 0.3) is 27.8 Å². The summed E-state index contributed by atoms with van der Waals surface area (Å²) in [5.74, 6) is 0. The van der Waals surface area contributed by atoms with Crippen molar-refractivity contribution in [2.24, 2.45) is 7.05 Å². The monoisotopic (exact) mass is 403 g/mol. The molecule has 0 saturated heterocycles. The van der Waals surface area contributed by atoms with Gasteiger partial charge in [-0.1, -0.05) is 17.7 Å². The molecule has 0 aliphatic heterocycles. The first-order valence-corrected chi connectivity index (χ1v) is 8.25. The van der Waals surface area contributed by atoms with E-state index in [0.717, 1.165) is 10.6 Å². The Bertz CT molecular complexity index is 1360. The highest BCUT2D eigenvalue weighted by molar-refractivity contribution is 6.33. The molecular formula is C18H9ClF3N5O. The Morgan fingerprint density at radius 2 is 1.96 bits per heavy atom. The van der Waals surface area contributed by atoms with Crippen molar-refractivity contribution in [1.29, 1.82) is 5.26 Å². The lowest BCUT2D eigenvalue weighted by Gasteiger charge is -2.14. The number of nitriles is 1. The SMILES string of the molecule is Cn1cnc2c(=O)n(-c3cccc(C#N)c3Cl)c3nc(C(F)(F)F)ccc3c21. The lowest BCUT2D eigenvalue weighted by atomic mass is 10.1. The predicted molar refractivity (Wildman–Crippen MR) is 96.3 cm³/mol. The summed E-state index contributed by atoms with van der Waals surface area (Å²) >= 11 is 6.24. The summed E-state index contributed by atoms with van der Waals surface area (Å²) in [5, 5.41) is 9.42. The average Bonchev–Trinajstić information content (AvgIpc) is 3.04. The van der Waals surface area contributed by atoms with Crippen molar-refractivity contribution in [2.45, 2.75) is 6.18 Å². The van der Waals surface area contributed by atoms with Gasteiger partial charge in [-0.15, -0.1) is 0 Å². The highest BCUT2D eigenvalue weighted by Crippen LogP contribution is 2.32. The molecule has 0 fully saturated rings. The number of benzene rings is 1. The molecule has 0 aliphatic carbocycles. The van der Waals surface area contributed by atoms with Crippen LogP contribution in [0.2, 0.25) is 5.02 Å². The van der Waals surface area contributed by atoms with Crippen molar-refractivity contribution >= 4 is 33.7 Å². The average molecular weight is 404 g/mol. The van der Waals surface area contributed by atoms with Crippen molar-refractivity contribution in [3.8, 4) is 11.8 Å². The number of halogens is 4. The van der Waals surface area contributed by atoms with Gasteiger partial charge in [0.15, 0.2) is 5.52 Å². The Morgan fingerprint density at radius 1 is 1.21 bits per heavy atom. The third-order valence-electron chi connectivity index (χ3n) is 4.31. The molecule has 10 heteroatoms. The van der Waals surface area contributed by atoms with E-state index in [0.29, 0.717) is 10.9 Å². The number of fused-ring (bicyclic) bond motifs is 3. The number of pyridine rings is 2. The molecule has 3 heterocycles. The third kappa shape index (κ3) is 2.53. The maximum atomic E-state index is 13.2. The molecule has 0 unspecified atom stereocenters. The van der Waals surface area contributed by atoms with Crippen molar-refractivity contribution in [3.05, 3.63) is 63.3 Å². The second kappa shape index (κ2) is 6.07. The van der Waals surface area contributed by atoms with Gasteiger partial charge in [0.2, 0.25) is 0 Å². The van der Waals surface area contributed by atoms with E-state index in [2.05, 4.69) is 9.97 Å². The fraction of sp³-hybridized carbons (Fsp3) is 0.111. The van der Waals surface area contributed by atoms with Crippen LogP contribution in [-0.2, 0) is 13.2 Å². The standard InChI is InChI=1S/C18H9ClF3N5O/c1-26-8-24-14-15(26)10-5-6-12(18(20,21)22)25-16(10)27(17(14)28)11-4-2-3-9(7-23)13(11)19/h2-6,8H,1H3. The van der Waals surface area contributed by atoms with Crippen LogP contribution in [0.3, 0.4) is 0 Å². The Balaban J connectivity index is 2.26. The molecule has 0 amide bonds. The molecule has 140 valence electrons. The lowest BCUT2D eigenvalue weighted by Crippen LogP contribution is -2.22. The zero-order chi connectivity index (χ0) is 20.2. The quantitative estimate of drug-likeness (QED) is 0.484. The van der Waals surface area contributed by atoms with E-state index in [1.54, 1.807) is 7.05 Å². The van der Waals surface area contributed by atoms with Gasteiger partial charge in [-0.2, -0.15) is 18.4 Å². The van der Waals surface area contributed by atoms with E-state index < -0.39 is 17.4 Å². The fourth-order valence-electron chi connectivity index (χ4n) is 3.07. The van der Waals surface area contributed by atoms with Gasteiger partial charge in [-0.25, -0.2) is 9.97 Å². The molecule has 0 atom stereocenters. The van der Waals surface area contributed by atoms with Gasteiger partial charge in [-0.05, 0) is 24.3 Å². The predicted octanol–water partition coefficient (Wildman–Crippen LogP) is 3.82. The van der Waals surface area contributed by atoms with Gasteiger partial charge in [0.05, 0.1) is 28.1 Å². The Hall–Kier alpha value is -3.38. The second-order valence-corrected chi connectivity index (χ2v) is 6.39. The summed E-state index contributed by atoms with van der Waals surface area (Å²) in [4.78, 5) is 20.9. The van der Waals surface area contributed by atoms with Crippen LogP contribution in [-0.4, -0.2) is 19.1 Å². The van der Waals surface area contributed by atoms with E-state index in [1.807, 2.05) is 6.07 Å². The normalized spacial score (nSPS) is 11.9. The first kappa shape index (κ1) is 18.0. The minimum Gasteiger partial charge on any atom is -0.333 e. The molecule has 0 bridgehead atoms. The molecular weight excluding hydrogens is 395 g/mol. The molecule has 0 saturated carbocycles. The number of alkyl halides is 3. The summed E-state index contributed by atoms with van der Waals surface area (Å²) < 4.78 is 42.2. The molecule has 3 aromatic heterocycles. The van der Waals surface area contributed by atoms with Gasteiger partial charge in [0.1, 0.15) is 17.4 Å². The van der Waals surface area contributed by atoms with E-state index in [1.165, 1.54) is 35.2 Å². The summed E-state index contributed by atoms with van der Waals surface area (Å²) in [6.07, 6.45) is -3.31. The van der Waals surface area contributed by atoms with Crippen LogP contribution in [0, 0.1) is 11.3 Å². The summed E-state index contributed by atoms with van der Waals surface area (Å²) in [7, 11) is 1.62. The Labute approximate surface area is 160 Å². The Morgan fingerprint density at radius 3 is 2.64 bits per heavy atom. The zero-order valence-electron chi connectivity index (χ0n) is 14.1. The molecule has 0 radical (unpaired) electrons. The molecule has 28 heavy (non-hydrogen) atoms. The number of hydrogen-bond acceptors (Lipinski definition) is 4. The number of aryl methyl sites for hydroxylation is 1. The first-order valence-electron chi connectivity index (χ1n) is 7.87. The van der Waals surface area contributed by atoms with Crippen molar-refractivity contribution in [3.63, 3.8) is 0 Å². The molecule has 4 rings (SSSR count). The zero-order valence-corrected chi connectivity index (χ0v) is 14.9. The van der Waals surface area contributed by atoms with E-state index in [4.69, 9.17) is 11.6 Å². The molecule has 4 aromatic rings. The molecule has 0 spiro atoms. The van der Waals surface area contributed by atoms with E-state index in [-0.39, 0.29) is 27.4 Å². The molecule has 6 nitrogen and oxygen atoms in total. The summed E-state index contributed by atoms with van der Waals surface area (Å²) in [6.45, 7) is 0. The molecule has 0 aliphatic rings. The number of imidazole rings is 1. The van der Waals surface area contributed by atoms with Gasteiger partial charge < -0.3 is 4.57 Å². The third-order valence-corrected chi connectivity index (χ3v) is 4.71. The number of hydrogen-bond donors (Lipinski definition) is 0. The number of rotatable bonds is 1. The van der Waals surface area contributed by atoms with Crippen LogP contribution in [0.1, 0.15) is 11.3 Å². The summed E-state index contributed by atoms with van der Waals surface area (Å²) in [6, 6.07) is 8.32. The van der Waals surface area contributed by atoms with Crippen molar-refractivity contribution < 1.29 is 13.2 Å².